The molecule has 5 rings (SSSR count). The summed E-state index contributed by atoms with van der Waals surface area (Å²) in [5, 5.41) is 0. The van der Waals surface area contributed by atoms with E-state index in [2.05, 4.69) is 4.74 Å². The van der Waals surface area contributed by atoms with Gasteiger partial charge in [-0.25, -0.2) is 26.7 Å². The fourth-order valence-corrected chi connectivity index (χ4v) is 3.90. The summed E-state index contributed by atoms with van der Waals surface area (Å²) < 4.78 is 93.9. The van der Waals surface area contributed by atoms with Crippen molar-refractivity contribution in [3.05, 3.63) is 71.2 Å². The van der Waals surface area contributed by atoms with E-state index >= 15 is 0 Å². The van der Waals surface area contributed by atoms with Crippen LogP contribution in [0.1, 0.15) is 35.7 Å². The number of esters is 1. The van der Waals surface area contributed by atoms with Gasteiger partial charge in [0.1, 0.15) is 11.6 Å². The summed E-state index contributed by atoms with van der Waals surface area (Å²) >= 11 is 0. The lowest BCUT2D eigenvalue weighted by molar-refractivity contribution is -0.480. The number of rotatable bonds is 8. The minimum Gasteiger partial charge on any atom is -0.459 e. The summed E-state index contributed by atoms with van der Waals surface area (Å²) in [5.74, 6) is -8.00. The first kappa shape index (κ1) is 25.1. The zero-order valence-electron chi connectivity index (χ0n) is 18.5. The summed E-state index contributed by atoms with van der Waals surface area (Å²) in [5.41, 5.74) is -0.562. The standard InChI is InChI=1S/C24H21F5O6/c1-2-6-23-11-32-24(33-12-23,34-13-23)14-3-4-16(17(25)8-14)22(30)35-15-9-18(26)21(19(27)10-15)31-7-5-20(28)29/h3-5,7-10,20H,2,6,11-13H2,1H3/b7-5+. The van der Waals surface area contributed by atoms with Gasteiger partial charge in [0.25, 0.3) is 6.43 Å². The van der Waals surface area contributed by atoms with E-state index < -0.39 is 52.9 Å². The maximum absolute atomic E-state index is 14.8. The molecule has 3 fully saturated rings. The molecular weight excluding hydrogens is 479 g/mol. The lowest BCUT2D eigenvalue weighted by Crippen LogP contribution is -2.58. The third kappa shape index (κ3) is 5.16. The van der Waals surface area contributed by atoms with E-state index in [0.29, 0.717) is 38.2 Å². The van der Waals surface area contributed by atoms with Gasteiger partial charge in [-0.1, -0.05) is 13.3 Å². The molecule has 0 radical (unpaired) electrons. The molecule has 0 atom stereocenters. The van der Waals surface area contributed by atoms with Crippen LogP contribution in [0.15, 0.2) is 42.7 Å². The van der Waals surface area contributed by atoms with Crippen molar-refractivity contribution in [2.24, 2.45) is 5.41 Å². The van der Waals surface area contributed by atoms with Crippen LogP contribution in [0.2, 0.25) is 0 Å². The highest BCUT2D eigenvalue weighted by molar-refractivity contribution is 5.91. The summed E-state index contributed by atoms with van der Waals surface area (Å²) in [6.07, 6.45) is -0.398. The second-order valence-electron chi connectivity index (χ2n) is 8.25. The number of ether oxygens (including phenoxy) is 5. The first-order valence-electron chi connectivity index (χ1n) is 10.7. The fraction of sp³-hybridized carbons (Fsp3) is 0.375. The van der Waals surface area contributed by atoms with Crippen molar-refractivity contribution < 1.29 is 50.4 Å². The van der Waals surface area contributed by atoms with Crippen molar-refractivity contribution in [3.63, 3.8) is 0 Å². The maximum Gasteiger partial charge on any atom is 0.346 e. The molecule has 3 aliphatic heterocycles. The Labute approximate surface area is 197 Å². The van der Waals surface area contributed by atoms with Crippen LogP contribution in [0.5, 0.6) is 11.5 Å². The molecule has 11 heteroatoms. The smallest absolute Gasteiger partial charge is 0.346 e. The minimum atomic E-state index is -2.88. The Morgan fingerprint density at radius 2 is 1.66 bits per heavy atom. The summed E-state index contributed by atoms with van der Waals surface area (Å²) in [4.78, 5) is 12.4. The number of carbonyl (C=O) groups excluding carboxylic acids is 1. The average Bonchev–Trinajstić information content (AvgIpc) is 2.82. The van der Waals surface area contributed by atoms with Crippen LogP contribution < -0.4 is 9.47 Å². The number of allylic oxidation sites excluding steroid dienone is 1. The first-order chi connectivity index (χ1) is 16.7. The number of alkyl halides is 2. The van der Waals surface area contributed by atoms with Crippen molar-refractivity contribution in [2.75, 3.05) is 19.8 Å². The van der Waals surface area contributed by atoms with E-state index in [4.69, 9.17) is 18.9 Å². The van der Waals surface area contributed by atoms with Crippen LogP contribution in [-0.2, 0) is 20.2 Å². The molecule has 35 heavy (non-hydrogen) atoms. The molecule has 6 nitrogen and oxygen atoms in total. The Bertz CT molecular complexity index is 1090. The minimum absolute atomic E-state index is 0.201. The lowest BCUT2D eigenvalue weighted by Gasteiger charge is -2.51. The number of hydrogen-bond acceptors (Lipinski definition) is 6. The molecular formula is C24H21F5O6. The maximum atomic E-state index is 14.8. The molecule has 3 aliphatic rings. The number of carbonyl (C=O) groups is 1. The molecule has 2 aromatic rings. The van der Waals surface area contributed by atoms with Gasteiger partial charge in [-0.15, -0.1) is 0 Å². The van der Waals surface area contributed by atoms with Gasteiger partial charge < -0.3 is 23.7 Å². The molecule has 0 N–H and O–H groups in total. The van der Waals surface area contributed by atoms with Crippen LogP contribution in [0, 0.1) is 22.9 Å². The normalized spacial score (nSPS) is 23.7. The van der Waals surface area contributed by atoms with Gasteiger partial charge in [-0.3, -0.25) is 0 Å². The van der Waals surface area contributed by atoms with Gasteiger partial charge in [-0.2, -0.15) is 0 Å². The van der Waals surface area contributed by atoms with Crippen LogP contribution in [-0.4, -0.2) is 32.2 Å². The monoisotopic (exact) mass is 500 g/mol. The second-order valence-corrected chi connectivity index (χ2v) is 8.25. The highest BCUT2D eigenvalue weighted by atomic mass is 19.3. The van der Waals surface area contributed by atoms with Crippen molar-refractivity contribution in [1.29, 1.82) is 0 Å². The van der Waals surface area contributed by atoms with Crippen molar-refractivity contribution in [3.8, 4) is 11.5 Å². The third-order valence-corrected chi connectivity index (χ3v) is 5.62. The summed E-state index contributed by atoms with van der Waals surface area (Å²) in [6, 6.07) is 4.67. The van der Waals surface area contributed by atoms with Gasteiger partial charge in [0.2, 0.25) is 0 Å². The zero-order valence-corrected chi connectivity index (χ0v) is 18.5. The fourth-order valence-electron chi connectivity index (χ4n) is 3.90. The predicted molar refractivity (Wildman–Crippen MR) is 110 cm³/mol. The van der Waals surface area contributed by atoms with E-state index in [0.717, 1.165) is 25.0 Å². The molecule has 0 spiro atoms. The van der Waals surface area contributed by atoms with E-state index in [1.54, 1.807) is 0 Å². The molecule has 0 saturated carbocycles. The highest BCUT2D eigenvalue weighted by Crippen LogP contribution is 2.46. The number of fused-ring (bicyclic) bond motifs is 3. The van der Waals surface area contributed by atoms with E-state index in [-0.39, 0.29) is 17.1 Å². The number of halogens is 5. The second kappa shape index (κ2) is 9.92. The summed E-state index contributed by atoms with van der Waals surface area (Å²) in [6.45, 7) is 3.17. The Morgan fingerprint density at radius 3 is 2.20 bits per heavy atom. The van der Waals surface area contributed by atoms with E-state index in [1.165, 1.54) is 6.07 Å². The van der Waals surface area contributed by atoms with Crippen LogP contribution in [0.4, 0.5) is 22.0 Å². The predicted octanol–water partition coefficient (Wildman–Crippen LogP) is 5.45. The zero-order chi connectivity index (χ0) is 25.2. The molecule has 0 aliphatic carbocycles. The first-order valence-corrected chi connectivity index (χ1v) is 10.7. The molecule has 3 heterocycles. The van der Waals surface area contributed by atoms with Crippen LogP contribution in [0.3, 0.4) is 0 Å². The van der Waals surface area contributed by atoms with E-state index in [9.17, 15) is 26.7 Å². The van der Waals surface area contributed by atoms with Gasteiger partial charge >= 0.3 is 11.9 Å². The molecule has 0 unspecified atom stereocenters. The third-order valence-electron chi connectivity index (χ3n) is 5.62. The van der Waals surface area contributed by atoms with E-state index in [1.807, 2.05) is 6.92 Å². The van der Waals surface area contributed by atoms with Crippen molar-refractivity contribution in [1.82, 2.24) is 0 Å². The van der Waals surface area contributed by atoms with Crippen molar-refractivity contribution in [2.45, 2.75) is 32.2 Å². The Kier molecular flexibility index (Phi) is 7.11. The largest absolute Gasteiger partial charge is 0.459 e. The SMILES string of the molecule is CCCC12COC(c3ccc(C(=O)Oc4cc(F)c(O/C=C/C(F)F)c(F)c4)c(F)c3)(OC1)OC2. The quantitative estimate of drug-likeness (QED) is 0.208. The van der Waals surface area contributed by atoms with Gasteiger partial charge in [0, 0.05) is 29.2 Å². The van der Waals surface area contributed by atoms with Gasteiger partial charge in [0.05, 0.1) is 31.6 Å². The topological polar surface area (TPSA) is 63.2 Å². The Balaban J connectivity index is 1.47. The van der Waals surface area contributed by atoms with Crippen LogP contribution >= 0.6 is 0 Å². The molecule has 0 amide bonds. The molecule has 188 valence electrons. The summed E-state index contributed by atoms with van der Waals surface area (Å²) in [7, 11) is 0. The highest BCUT2D eigenvalue weighted by Gasteiger charge is 2.53. The lowest BCUT2D eigenvalue weighted by atomic mass is 9.83. The average molecular weight is 500 g/mol. The molecule has 0 aromatic heterocycles. The van der Waals surface area contributed by atoms with Gasteiger partial charge in [0.15, 0.2) is 17.4 Å². The molecule has 2 bridgehead atoms. The van der Waals surface area contributed by atoms with Gasteiger partial charge in [-0.05, 0) is 24.6 Å². The number of benzene rings is 2. The van der Waals surface area contributed by atoms with Crippen molar-refractivity contribution >= 4 is 5.97 Å². The molecule has 3 saturated heterocycles. The number of hydrogen-bond donors (Lipinski definition) is 0. The Hall–Kier alpha value is -3.02. The van der Waals surface area contributed by atoms with Crippen LogP contribution in [0.25, 0.3) is 0 Å². The molecule has 2 aromatic carbocycles. The Morgan fingerprint density at radius 1 is 1.03 bits per heavy atom.